The first-order valence-electron chi connectivity index (χ1n) is 5.73. The van der Waals surface area contributed by atoms with Crippen molar-refractivity contribution in [3.63, 3.8) is 0 Å². The van der Waals surface area contributed by atoms with Crippen molar-refractivity contribution < 1.29 is 24.7 Å². The number of carbonyl (C=O) groups excluding carboxylic acids is 1. The molecule has 0 spiro atoms. The predicted molar refractivity (Wildman–Crippen MR) is 65.7 cm³/mol. The molecule has 0 aliphatic carbocycles. The maximum atomic E-state index is 11.3. The van der Waals surface area contributed by atoms with Crippen LogP contribution in [-0.2, 0) is 19.9 Å². The summed E-state index contributed by atoms with van der Waals surface area (Å²) in [5.74, 6) is 0. The SMILES string of the molecule is CCC[CH2][Zn]([CH2]CCC)[O]C(=O)N(S)S. The third-order valence-electron chi connectivity index (χ3n) is 2.49. The third-order valence-corrected chi connectivity index (χ3v) is 9.60. The molecule has 0 saturated carbocycles. The van der Waals surface area contributed by atoms with Crippen LogP contribution in [0.3, 0.4) is 0 Å². The van der Waals surface area contributed by atoms with E-state index in [9.17, 15) is 4.79 Å². The molecule has 87 valence electrons. The van der Waals surface area contributed by atoms with Crippen molar-refractivity contribution in [3.8, 4) is 0 Å². The molecule has 0 atom stereocenters. The summed E-state index contributed by atoms with van der Waals surface area (Å²) in [5.41, 5.74) is 0. The van der Waals surface area contributed by atoms with Gasteiger partial charge in [0, 0.05) is 0 Å². The van der Waals surface area contributed by atoms with Gasteiger partial charge in [-0.2, -0.15) is 0 Å². The summed E-state index contributed by atoms with van der Waals surface area (Å²) >= 11 is 5.55. The van der Waals surface area contributed by atoms with Gasteiger partial charge in [-0.05, 0) is 0 Å². The van der Waals surface area contributed by atoms with Crippen molar-refractivity contribution in [2.75, 3.05) is 0 Å². The van der Waals surface area contributed by atoms with Gasteiger partial charge >= 0.3 is 110 Å². The van der Waals surface area contributed by atoms with Gasteiger partial charge in [0.1, 0.15) is 0 Å². The van der Waals surface area contributed by atoms with Gasteiger partial charge in [0.25, 0.3) is 0 Å². The molecule has 0 radical (unpaired) electrons. The van der Waals surface area contributed by atoms with Crippen molar-refractivity contribution in [1.82, 2.24) is 3.71 Å². The summed E-state index contributed by atoms with van der Waals surface area (Å²) in [6.07, 6.45) is 4.30. The van der Waals surface area contributed by atoms with Crippen LogP contribution in [0.2, 0.25) is 10.0 Å². The zero-order valence-electron chi connectivity index (χ0n) is 9.61. The molecule has 0 aliphatic heterocycles. The zero-order valence-corrected chi connectivity index (χ0v) is 14.4. The van der Waals surface area contributed by atoms with Crippen LogP contribution in [-0.4, -0.2) is 9.80 Å². The fraction of sp³-hybridized carbons (Fsp3) is 0.889. The van der Waals surface area contributed by atoms with Crippen LogP contribution < -0.4 is 0 Å². The first-order chi connectivity index (χ1) is 7.11. The quantitative estimate of drug-likeness (QED) is 0.548. The van der Waals surface area contributed by atoms with Crippen LogP contribution in [0.5, 0.6) is 0 Å². The Kier molecular flexibility index (Phi) is 10.2. The Bertz CT molecular complexity index is 173. The van der Waals surface area contributed by atoms with Crippen LogP contribution >= 0.6 is 25.6 Å². The van der Waals surface area contributed by atoms with E-state index in [1.165, 1.54) is 25.7 Å². The van der Waals surface area contributed by atoms with E-state index < -0.39 is 22.4 Å². The summed E-state index contributed by atoms with van der Waals surface area (Å²) in [6.45, 7) is 4.32. The number of rotatable bonds is 7. The molecule has 0 aliphatic rings. The van der Waals surface area contributed by atoms with E-state index in [4.69, 9.17) is 3.56 Å². The Labute approximate surface area is 109 Å². The molecule has 0 rings (SSSR count). The summed E-state index contributed by atoms with van der Waals surface area (Å²) in [4.78, 5) is 11.3. The summed E-state index contributed by atoms with van der Waals surface area (Å²) in [6, 6.07) is 0. The van der Waals surface area contributed by atoms with Crippen molar-refractivity contribution in [2.24, 2.45) is 0 Å². The van der Waals surface area contributed by atoms with Crippen LogP contribution in [0.15, 0.2) is 0 Å². The number of hydrogen-bond donors (Lipinski definition) is 2. The van der Waals surface area contributed by atoms with E-state index in [1.54, 1.807) is 0 Å². The second-order valence-electron chi connectivity index (χ2n) is 3.88. The van der Waals surface area contributed by atoms with Gasteiger partial charge in [0.2, 0.25) is 0 Å². The second kappa shape index (κ2) is 9.79. The zero-order chi connectivity index (χ0) is 11.7. The molecule has 0 unspecified atom stereocenters. The minimum absolute atomic E-state index is 0.395. The van der Waals surface area contributed by atoms with E-state index in [0.29, 0.717) is 0 Å². The molecule has 15 heavy (non-hydrogen) atoms. The van der Waals surface area contributed by atoms with E-state index in [-0.39, 0.29) is 0 Å². The molecule has 0 aromatic carbocycles. The Morgan fingerprint density at radius 1 is 1.20 bits per heavy atom. The second-order valence-corrected chi connectivity index (χ2v) is 11.8. The molecule has 0 aromatic heterocycles. The molecule has 6 heteroatoms. The van der Waals surface area contributed by atoms with Crippen LogP contribution in [0.25, 0.3) is 0 Å². The molecular formula is C9H20NO2S2Zn. The van der Waals surface area contributed by atoms with Gasteiger partial charge in [-0.25, -0.2) is 0 Å². The Morgan fingerprint density at radius 2 is 1.67 bits per heavy atom. The number of unbranched alkanes of at least 4 members (excludes halogenated alkanes) is 2. The van der Waals surface area contributed by atoms with Crippen molar-refractivity contribution in [1.29, 1.82) is 0 Å². The Morgan fingerprint density at radius 3 is 2.00 bits per heavy atom. The average molecular weight is 304 g/mol. The molecule has 1 amide bonds. The summed E-state index contributed by atoms with van der Waals surface area (Å²) in [7, 11) is 0. The van der Waals surface area contributed by atoms with Crippen molar-refractivity contribution in [2.45, 2.75) is 49.6 Å². The number of thiol groups is 2. The monoisotopic (exact) mass is 302 g/mol. The molecule has 0 saturated heterocycles. The number of hydrogen-bond acceptors (Lipinski definition) is 4. The maximum absolute atomic E-state index is 11.3. The van der Waals surface area contributed by atoms with E-state index in [1.807, 2.05) is 0 Å². The number of amides is 1. The predicted octanol–water partition coefficient (Wildman–Crippen LogP) is 4.08. The van der Waals surface area contributed by atoms with Crippen LogP contribution in [0, 0.1) is 0 Å². The molecule has 0 heterocycles. The topological polar surface area (TPSA) is 29.5 Å². The van der Waals surface area contributed by atoms with E-state index in [2.05, 4.69) is 39.5 Å². The van der Waals surface area contributed by atoms with Gasteiger partial charge in [-0.3, -0.25) is 0 Å². The summed E-state index contributed by atoms with van der Waals surface area (Å²) < 4.78 is 6.39. The van der Waals surface area contributed by atoms with Gasteiger partial charge in [0.15, 0.2) is 0 Å². The number of nitrogens with zero attached hydrogens (tertiary/aromatic N) is 1. The first-order valence-corrected chi connectivity index (χ1v) is 11.9. The van der Waals surface area contributed by atoms with E-state index >= 15 is 0 Å². The van der Waals surface area contributed by atoms with E-state index in [0.717, 1.165) is 13.7 Å². The van der Waals surface area contributed by atoms with Crippen LogP contribution in [0.4, 0.5) is 4.79 Å². The van der Waals surface area contributed by atoms with Crippen LogP contribution in [0.1, 0.15) is 39.5 Å². The molecule has 0 bridgehead atoms. The minimum atomic E-state index is -2.06. The Hall–Kier alpha value is 0.593. The standard InChI is InChI=1S/2C4H9.CH3NO2S2.Zn/c2*1-3-4-2;3-1(4)2(5)6;/h2*1,3-4H2,2H3;5-6H,(H,3,4);/q;;;+1/p-1. The van der Waals surface area contributed by atoms with Crippen molar-refractivity contribution >= 4 is 31.7 Å². The third kappa shape index (κ3) is 8.41. The molecule has 0 fully saturated rings. The van der Waals surface area contributed by atoms with Gasteiger partial charge in [-0.1, -0.05) is 0 Å². The molecule has 0 N–H and O–H groups in total. The Balaban J connectivity index is 3.93. The van der Waals surface area contributed by atoms with Gasteiger partial charge < -0.3 is 0 Å². The normalized spacial score (nSPS) is 9.87. The first kappa shape index (κ1) is 15.6. The fourth-order valence-electron chi connectivity index (χ4n) is 1.61. The fourth-order valence-corrected chi connectivity index (χ4v) is 8.97. The van der Waals surface area contributed by atoms with Gasteiger partial charge in [-0.15, -0.1) is 0 Å². The average Bonchev–Trinajstić information content (AvgIpc) is 2.21. The summed E-state index contributed by atoms with van der Waals surface area (Å²) in [5, 5.41) is 2.27. The molecular weight excluding hydrogens is 284 g/mol. The van der Waals surface area contributed by atoms with Crippen molar-refractivity contribution in [3.05, 3.63) is 0 Å². The molecule has 3 nitrogen and oxygen atoms in total. The molecule has 0 aromatic rings. The van der Waals surface area contributed by atoms with Gasteiger partial charge in [0.05, 0.1) is 0 Å². The number of carbonyl (C=O) groups is 1.